The number of esters is 2. The van der Waals surface area contributed by atoms with Crippen LogP contribution in [0, 0.1) is 0 Å². The zero-order chi connectivity index (χ0) is 16.5. The number of rotatable bonds is 1. The average Bonchev–Trinajstić information content (AvgIpc) is 2.61. The summed E-state index contributed by atoms with van der Waals surface area (Å²) in [6.07, 6.45) is 2.08. The van der Waals surface area contributed by atoms with Crippen molar-refractivity contribution in [3.8, 4) is 22.8 Å². The summed E-state index contributed by atoms with van der Waals surface area (Å²) in [6, 6.07) is 16.5. The fourth-order valence-electron chi connectivity index (χ4n) is 2.56. The second-order valence-corrected chi connectivity index (χ2v) is 5.18. The van der Waals surface area contributed by atoms with Crippen LogP contribution in [0.2, 0.25) is 0 Å². The van der Waals surface area contributed by atoms with Gasteiger partial charge in [-0.25, -0.2) is 14.6 Å². The zero-order valence-corrected chi connectivity index (χ0v) is 12.4. The summed E-state index contributed by atoms with van der Waals surface area (Å²) in [6.45, 7) is 0. The van der Waals surface area contributed by atoms with Gasteiger partial charge in [-0.05, 0) is 12.1 Å². The summed E-state index contributed by atoms with van der Waals surface area (Å²) in [5.74, 6) is -0.949. The molecule has 0 aliphatic carbocycles. The van der Waals surface area contributed by atoms with Crippen LogP contribution in [0.5, 0.6) is 11.5 Å². The first kappa shape index (κ1) is 14.1. The van der Waals surface area contributed by atoms with Gasteiger partial charge >= 0.3 is 11.9 Å². The van der Waals surface area contributed by atoms with E-state index in [1.54, 1.807) is 12.1 Å². The van der Waals surface area contributed by atoms with Crippen molar-refractivity contribution in [3.05, 3.63) is 66.7 Å². The fourth-order valence-corrected chi connectivity index (χ4v) is 2.56. The lowest BCUT2D eigenvalue weighted by atomic mass is 10.1. The largest absolute Gasteiger partial charge is 0.419 e. The van der Waals surface area contributed by atoms with Crippen molar-refractivity contribution < 1.29 is 19.1 Å². The Morgan fingerprint density at radius 1 is 0.708 bits per heavy atom. The smallest absolute Gasteiger partial charge is 0.336 e. The molecule has 0 unspecified atom stereocenters. The minimum Gasteiger partial charge on any atom is -0.419 e. The van der Waals surface area contributed by atoms with Crippen molar-refractivity contribution in [3.63, 3.8) is 0 Å². The highest BCUT2D eigenvalue weighted by Crippen LogP contribution is 2.42. The molecule has 0 saturated heterocycles. The monoisotopic (exact) mass is 317 g/mol. The molecule has 0 N–H and O–H groups in total. The standard InChI is InChI=1S/C19H11NO4/c21-15-10-11-16(22)24-19-17(12-6-2-1-3-7-12)20-14-9-5-4-8-13(14)18(19)23-15/h1-11H/b11-10-. The van der Waals surface area contributed by atoms with E-state index in [1.807, 2.05) is 42.5 Å². The van der Waals surface area contributed by atoms with Crippen LogP contribution in [0.1, 0.15) is 0 Å². The third kappa shape index (κ3) is 2.42. The first-order chi connectivity index (χ1) is 11.7. The van der Waals surface area contributed by atoms with E-state index in [2.05, 4.69) is 4.98 Å². The molecule has 5 nitrogen and oxygen atoms in total. The molecule has 1 aromatic heterocycles. The number of para-hydroxylation sites is 1. The van der Waals surface area contributed by atoms with Crippen LogP contribution in [0.4, 0.5) is 0 Å². The van der Waals surface area contributed by atoms with Gasteiger partial charge in [0.1, 0.15) is 5.69 Å². The van der Waals surface area contributed by atoms with Crippen LogP contribution in [-0.4, -0.2) is 16.9 Å². The number of carbonyl (C=O) groups is 2. The van der Waals surface area contributed by atoms with Crippen molar-refractivity contribution in [2.75, 3.05) is 0 Å². The molecular formula is C19H11NO4. The van der Waals surface area contributed by atoms with Gasteiger partial charge in [0.2, 0.25) is 5.75 Å². The summed E-state index contributed by atoms with van der Waals surface area (Å²) in [4.78, 5) is 28.4. The molecule has 2 heterocycles. The molecule has 0 bridgehead atoms. The normalized spacial score (nSPS) is 15.0. The molecule has 116 valence electrons. The van der Waals surface area contributed by atoms with E-state index in [-0.39, 0.29) is 11.5 Å². The van der Waals surface area contributed by atoms with Crippen LogP contribution in [-0.2, 0) is 9.59 Å². The maximum atomic E-state index is 11.9. The Kier molecular flexibility index (Phi) is 3.31. The number of benzene rings is 2. The molecule has 0 fully saturated rings. The molecule has 0 saturated carbocycles. The maximum Gasteiger partial charge on any atom is 0.336 e. The average molecular weight is 317 g/mol. The van der Waals surface area contributed by atoms with Crippen molar-refractivity contribution >= 4 is 22.8 Å². The molecule has 2 aromatic carbocycles. The minimum atomic E-state index is -0.651. The first-order valence-corrected chi connectivity index (χ1v) is 7.32. The highest BCUT2D eigenvalue weighted by molar-refractivity contribution is 6.01. The Morgan fingerprint density at radius 2 is 1.33 bits per heavy atom. The Balaban J connectivity index is 2.07. The Labute approximate surface area is 137 Å². The van der Waals surface area contributed by atoms with E-state index in [0.717, 1.165) is 17.7 Å². The van der Waals surface area contributed by atoms with Gasteiger partial charge in [0, 0.05) is 23.1 Å². The van der Waals surface area contributed by atoms with E-state index in [4.69, 9.17) is 9.47 Å². The van der Waals surface area contributed by atoms with Crippen molar-refractivity contribution in [2.45, 2.75) is 0 Å². The SMILES string of the molecule is O=C1/C=C\C(=O)Oc2c(c(-c3ccccc3)nc3ccccc23)O1. The lowest BCUT2D eigenvalue weighted by molar-refractivity contribution is -0.133. The molecule has 0 atom stereocenters. The first-order valence-electron chi connectivity index (χ1n) is 7.32. The summed E-state index contributed by atoms with van der Waals surface area (Å²) in [5, 5.41) is 0.601. The van der Waals surface area contributed by atoms with E-state index < -0.39 is 11.9 Å². The third-order valence-electron chi connectivity index (χ3n) is 3.61. The molecule has 5 heteroatoms. The van der Waals surface area contributed by atoms with Gasteiger partial charge in [-0.1, -0.05) is 42.5 Å². The number of aromatic nitrogens is 1. The molecule has 4 rings (SSSR count). The van der Waals surface area contributed by atoms with Gasteiger partial charge in [-0.3, -0.25) is 0 Å². The lowest BCUT2D eigenvalue weighted by Crippen LogP contribution is -2.15. The summed E-state index contributed by atoms with van der Waals surface area (Å²) < 4.78 is 10.8. The van der Waals surface area contributed by atoms with Crippen molar-refractivity contribution in [2.24, 2.45) is 0 Å². The second-order valence-electron chi connectivity index (χ2n) is 5.18. The molecule has 0 radical (unpaired) electrons. The number of nitrogens with zero attached hydrogens (tertiary/aromatic N) is 1. The molecule has 24 heavy (non-hydrogen) atoms. The topological polar surface area (TPSA) is 65.5 Å². The number of hydrogen-bond acceptors (Lipinski definition) is 5. The Morgan fingerprint density at radius 3 is 2.08 bits per heavy atom. The van der Waals surface area contributed by atoms with Crippen molar-refractivity contribution in [1.29, 1.82) is 0 Å². The maximum absolute atomic E-state index is 11.9. The Hall–Kier alpha value is -3.47. The summed E-state index contributed by atoms with van der Waals surface area (Å²) in [5.41, 5.74) is 1.84. The number of pyridine rings is 1. The Bertz CT molecular complexity index is 993. The zero-order valence-electron chi connectivity index (χ0n) is 12.4. The third-order valence-corrected chi connectivity index (χ3v) is 3.61. The second kappa shape index (κ2) is 5.62. The van der Waals surface area contributed by atoms with Gasteiger partial charge in [0.25, 0.3) is 0 Å². The van der Waals surface area contributed by atoms with E-state index in [1.165, 1.54) is 0 Å². The predicted octanol–water partition coefficient (Wildman–Crippen LogP) is 3.28. The fraction of sp³-hybridized carbons (Fsp3) is 0. The number of fused-ring (bicyclic) bond motifs is 3. The van der Waals surface area contributed by atoms with Gasteiger partial charge < -0.3 is 9.47 Å². The quantitative estimate of drug-likeness (QED) is 0.644. The van der Waals surface area contributed by atoms with E-state index >= 15 is 0 Å². The van der Waals surface area contributed by atoms with Crippen LogP contribution < -0.4 is 9.47 Å². The highest BCUT2D eigenvalue weighted by atomic mass is 16.6. The minimum absolute atomic E-state index is 0.141. The highest BCUT2D eigenvalue weighted by Gasteiger charge is 2.24. The van der Waals surface area contributed by atoms with Crippen LogP contribution in [0.15, 0.2) is 66.7 Å². The molecular weight excluding hydrogens is 306 g/mol. The molecule has 1 aliphatic rings. The lowest BCUT2D eigenvalue weighted by Gasteiger charge is -2.17. The molecule has 1 aliphatic heterocycles. The van der Waals surface area contributed by atoms with E-state index in [0.29, 0.717) is 16.6 Å². The van der Waals surface area contributed by atoms with Crippen LogP contribution >= 0.6 is 0 Å². The van der Waals surface area contributed by atoms with E-state index in [9.17, 15) is 9.59 Å². The molecule has 0 spiro atoms. The van der Waals surface area contributed by atoms with Gasteiger partial charge in [-0.15, -0.1) is 0 Å². The van der Waals surface area contributed by atoms with Crippen LogP contribution in [0.3, 0.4) is 0 Å². The predicted molar refractivity (Wildman–Crippen MR) is 87.6 cm³/mol. The van der Waals surface area contributed by atoms with Gasteiger partial charge in [0.05, 0.1) is 5.52 Å². The van der Waals surface area contributed by atoms with Gasteiger partial charge in [-0.2, -0.15) is 0 Å². The van der Waals surface area contributed by atoms with Crippen molar-refractivity contribution in [1.82, 2.24) is 4.98 Å². The van der Waals surface area contributed by atoms with Gasteiger partial charge in [0.15, 0.2) is 5.75 Å². The number of ether oxygens (including phenoxy) is 2. The summed E-state index contributed by atoms with van der Waals surface area (Å²) in [7, 11) is 0. The molecule has 0 amide bonds. The van der Waals surface area contributed by atoms with Crippen LogP contribution in [0.25, 0.3) is 22.2 Å². The number of hydrogen-bond donors (Lipinski definition) is 0. The number of carbonyl (C=O) groups excluding carboxylic acids is 2. The summed E-state index contributed by atoms with van der Waals surface area (Å²) >= 11 is 0. The molecule has 3 aromatic rings.